The van der Waals surface area contributed by atoms with Crippen LogP contribution in [0.2, 0.25) is 5.02 Å². The molecule has 0 spiro atoms. The molecule has 11 nitrogen and oxygen atoms in total. The number of aromatic amines is 1. The number of H-pyrrole nitrogens is 1. The van der Waals surface area contributed by atoms with Gasteiger partial charge in [0.1, 0.15) is 22.7 Å². The molecule has 3 rings (SSSR count). The van der Waals surface area contributed by atoms with Gasteiger partial charge in [-0.25, -0.2) is 19.4 Å². The van der Waals surface area contributed by atoms with E-state index in [0.29, 0.717) is 0 Å². The van der Waals surface area contributed by atoms with Crippen LogP contribution in [0.15, 0.2) is 41.3 Å². The van der Waals surface area contributed by atoms with Crippen molar-refractivity contribution in [1.82, 2.24) is 9.97 Å². The van der Waals surface area contributed by atoms with Gasteiger partial charge < -0.3 is 30.4 Å². The van der Waals surface area contributed by atoms with Crippen LogP contribution in [-0.4, -0.2) is 45.2 Å². The summed E-state index contributed by atoms with van der Waals surface area (Å²) in [6.07, 6.45) is 1.32. The first kappa shape index (κ1) is 22.3. The summed E-state index contributed by atoms with van der Waals surface area (Å²) in [4.78, 5) is 53.1. The second-order valence-corrected chi connectivity index (χ2v) is 6.63. The maximum Gasteiger partial charge on any atom is 0.342 e. The third-order valence-electron chi connectivity index (χ3n) is 4.26. The van der Waals surface area contributed by atoms with Crippen LogP contribution < -0.4 is 16.0 Å². The fourth-order valence-electron chi connectivity index (χ4n) is 2.90. The van der Waals surface area contributed by atoms with E-state index in [1.807, 2.05) is 4.98 Å². The zero-order chi connectivity index (χ0) is 23.6. The molecule has 0 aliphatic rings. The zero-order valence-corrected chi connectivity index (χ0v) is 17.0. The molecule has 2 aromatic heterocycles. The van der Waals surface area contributed by atoms with E-state index in [2.05, 4.69) is 9.72 Å². The van der Waals surface area contributed by atoms with E-state index in [4.69, 9.17) is 22.1 Å². The Labute approximate surface area is 184 Å². The normalized spacial score (nSPS) is 10.4. The van der Waals surface area contributed by atoms with Gasteiger partial charge in [-0.15, -0.1) is 0 Å². The molecule has 0 aliphatic heterocycles. The van der Waals surface area contributed by atoms with Gasteiger partial charge >= 0.3 is 17.9 Å². The van der Waals surface area contributed by atoms with Crippen LogP contribution in [0, 0.1) is 0 Å². The lowest BCUT2D eigenvalue weighted by Crippen LogP contribution is -2.24. The smallest absolute Gasteiger partial charge is 0.342 e. The van der Waals surface area contributed by atoms with Crippen molar-refractivity contribution in [2.75, 3.05) is 12.8 Å². The summed E-state index contributed by atoms with van der Waals surface area (Å²) >= 11 is 6.25. The predicted octanol–water partition coefficient (Wildman–Crippen LogP) is 2.65. The minimum absolute atomic E-state index is 0.00576. The molecule has 0 fully saturated rings. The van der Waals surface area contributed by atoms with Crippen LogP contribution in [-0.2, 0) is 4.74 Å². The number of hydrogen-bond acceptors (Lipinski definition) is 8. The Bertz CT molecular complexity index is 1320. The highest BCUT2D eigenvalue weighted by molar-refractivity contribution is 6.32. The molecule has 2 heterocycles. The monoisotopic (exact) mass is 459 g/mol. The highest BCUT2D eigenvalue weighted by Crippen LogP contribution is 2.36. The number of methoxy groups -OCH3 is 1. The third kappa shape index (κ3) is 4.23. The Morgan fingerprint density at radius 2 is 1.78 bits per heavy atom. The first-order valence-corrected chi connectivity index (χ1v) is 9.06. The Kier molecular flexibility index (Phi) is 6.12. The Morgan fingerprint density at radius 3 is 2.38 bits per heavy atom. The summed E-state index contributed by atoms with van der Waals surface area (Å²) in [6.45, 7) is 0. The summed E-state index contributed by atoms with van der Waals surface area (Å²) in [6, 6.07) is 6.57. The number of carboxylic acid groups (broad SMARTS) is 2. The van der Waals surface area contributed by atoms with Crippen molar-refractivity contribution in [1.29, 1.82) is 0 Å². The predicted molar refractivity (Wildman–Crippen MR) is 111 cm³/mol. The van der Waals surface area contributed by atoms with Crippen LogP contribution in [0.1, 0.15) is 31.1 Å². The number of carbonyl (C=O) groups excluding carboxylic acids is 1. The molecule has 3 aromatic rings. The number of rotatable bonds is 6. The van der Waals surface area contributed by atoms with Gasteiger partial charge in [0.15, 0.2) is 0 Å². The Morgan fingerprint density at radius 1 is 1.09 bits per heavy atom. The van der Waals surface area contributed by atoms with Gasteiger partial charge in [0.05, 0.1) is 17.7 Å². The number of hydrogen-bond donors (Lipinski definition) is 4. The fourth-order valence-corrected chi connectivity index (χ4v) is 3.12. The van der Waals surface area contributed by atoms with E-state index < -0.39 is 46.0 Å². The maximum atomic E-state index is 12.1. The second kappa shape index (κ2) is 8.78. The molecule has 0 atom stereocenters. The molecular weight excluding hydrogens is 446 g/mol. The van der Waals surface area contributed by atoms with Crippen molar-refractivity contribution in [2.24, 2.45) is 0 Å². The number of nitrogen functional groups attached to an aromatic ring is 1. The molecule has 0 saturated heterocycles. The number of nitrogens with one attached hydrogen (secondary N) is 1. The summed E-state index contributed by atoms with van der Waals surface area (Å²) in [5.74, 6) is -4.23. The number of ether oxygens (including phenoxy) is 2. The van der Waals surface area contributed by atoms with Gasteiger partial charge in [-0.05, 0) is 23.8 Å². The minimum atomic E-state index is -1.65. The Hall–Kier alpha value is -4.38. The van der Waals surface area contributed by atoms with Crippen molar-refractivity contribution in [3.05, 3.63) is 68.6 Å². The lowest BCUT2D eigenvalue weighted by Gasteiger charge is -2.14. The van der Waals surface area contributed by atoms with Gasteiger partial charge in [-0.3, -0.25) is 4.79 Å². The number of esters is 1. The van der Waals surface area contributed by atoms with Gasteiger partial charge in [0.2, 0.25) is 5.88 Å². The van der Waals surface area contributed by atoms with Crippen LogP contribution in [0.5, 0.6) is 11.6 Å². The number of aromatic carboxylic acids is 2. The van der Waals surface area contributed by atoms with E-state index in [0.717, 1.165) is 0 Å². The number of carboxylic acids is 2. The molecule has 164 valence electrons. The Balaban J connectivity index is 2.10. The van der Waals surface area contributed by atoms with Gasteiger partial charge in [-0.2, -0.15) is 0 Å². The first-order valence-electron chi connectivity index (χ1n) is 8.68. The van der Waals surface area contributed by atoms with E-state index in [1.165, 1.54) is 43.6 Å². The summed E-state index contributed by atoms with van der Waals surface area (Å²) in [5, 5.41) is 18.9. The average Bonchev–Trinajstić information content (AvgIpc) is 2.73. The number of nitrogens with zero attached hydrogens (tertiary/aromatic N) is 1. The largest absolute Gasteiger partial charge is 0.478 e. The molecule has 5 N–H and O–H groups in total. The molecule has 0 saturated carbocycles. The minimum Gasteiger partial charge on any atom is -0.478 e. The number of carbonyl (C=O) groups is 3. The highest BCUT2D eigenvalue weighted by Gasteiger charge is 2.27. The van der Waals surface area contributed by atoms with Gasteiger partial charge in [0.25, 0.3) is 5.56 Å². The van der Waals surface area contributed by atoms with Crippen LogP contribution in [0.4, 0.5) is 5.82 Å². The van der Waals surface area contributed by atoms with E-state index in [9.17, 15) is 29.4 Å². The second-order valence-electron chi connectivity index (χ2n) is 6.22. The van der Waals surface area contributed by atoms with Gasteiger partial charge in [-0.1, -0.05) is 17.7 Å². The third-order valence-corrected chi connectivity index (χ3v) is 4.56. The van der Waals surface area contributed by atoms with Crippen molar-refractivity contribution >= 4 is 35.3 Å². The number of benzene rings is 1. The number of pyridine rings is 2. The molecular formula is C20H14ClN3O8. The molecule has 0 radical (unpaired) electrons. The van der Waals surface area contributed by atoms with E-state index >= 15 is 0 Å². The molecule has 0 amide bonds. The fraction of sp³-hybridized carbons (Fsp3) is 0.0500. The van der Waals surface area contributed by atoms with E-state index in [1.54, 1.807) is 0 Å². The number of aromatic nitrogens is 2. The lowest BCUT2D eigenvalue weighted by atomic mass is 9.95. The molecule has 0 aliphatic carbocycles. The quantitative estimate of drug-likeness (QED) is 0.400. The first-order chi connectivity index (χ1) is 15.1. The molecule has 0 unspecified atom stereocenters. The summed E-state index contributed by atoms with van der Waals surface area (Å²) in [5.41, 5.74) is 2.91. The highest BCUT2D eigenvalue weighted by atomic mass is 35.5. The zero-order valence-electron chi connectivity index (χ0n) is 16.2. The number of nitrogens with two attached hydrogens (primary N) is 1. The topological polar surface area (TPSA) is 182 Å². The lowest BCUT2D eigenvalue weighted by molar-refractivity contribution is 0.0598. The van der Waals surface area contributed by atoms with E-state index in [-0.39, 0.29) is 27.8 Å². The van der Waals surface area contributed by atoms with Crippen LogP contribution >= 0.6 is 11.6 Å². The van der Waals surface area contributed by atoms with Crippen LogP contribution in [0.25, 0.3) is 11.1 Å². The summed E-state index contributed by atoms with van der Waals surface area (Å²) < 4.78 is 10.2. The summed E-state index contributed by atoms with van der Waals surface area (Å²) in [7, 11) is 1.22. The molecule has 1 aromatic carbocycles. The van der Waals surface area contributed by atoms with Crippen LogP contribution in [0.3, 0.4) is 0 Å². The van der Waals surface area contributed by atoms with Crippen molar-refractivity contribution in [2.45, 2.75) is 0 Å². The SMILES string of the molecule is COC(=O)c1ccnc(Oc2ccc(-c3c(C(=O)O)c(N)[nH]c(=O)c3C(=O)O)cc2Cl)c1. The molecule has 12 heteroatoms. The van der Waals surface area contributed by atoms with Crippen molar-refractivity contribution < 1.29 is 34.1 Å². The molecule has 0 bridgehead atoms. The number of halogens is 1. The van der Waals surface area contributed by atoms with Crippen molar-refractivity contribution in [3.63, 3.8) is 0 Å². The maximum absolute atomic E-state index is 12.1. The van der Waals surface area contributed by atoms with Gasteiger partial charge in [0, 0.05) is 17.8 Å². The van der Waals surface area contributed by atoms with Crippen molar-refractivity contribution in [3.8, 4) is 22.8 Å². The average molecular weight is 460 g/mol. The number of anilines is 1. The standard InChI is InChI=1S/C20H14ClN3O8/c1-31-20(30)9-4-5-23-12(7-9)32-11-3-2-8(6-10(11)21)13-14(18(26)27)16(22)24-17(25)15(13)19(28)29/h2-7H,1H3,(H,26,27)(H,28,29)(H3,22,24,25). The molecule has 32 heavy (non-hydrogen) atoms.